The molecule has 1 aliphatic carbocycles. The Morgan fingerprint density at radius 3 is 2.89 bits per heavy atom. The Balaban J connectivity index is 1.61. The monoisotopic (exact) mass is 262 g/mol. The number of carbonyl (C=O) groups excluding carboxylic acids is 1. The Morgan fingerprint density at radius 1 is 1.53 bits per heavy atom. The highest BCUT2D eigenvalue weighted by atomic mass is 16.5. The van der Waals surface area contributed by atoms with Crippen LogP contribution >= 0.6 is 0 Å². The van der Waals surface area contributed by atoms with E-state index in [2.05, 4.69) is 19.2 Å². The summed E-state index contributed by atoms with van der Waals surface area (Å²) in [6.07, 6.45) is 1.58. The van der Waals surface area contributed by atoms with Crippen molar-refractivity contribution >= 4 is 11.6 Å². The van der Waals surface area contributed by atoms with Gasteiger partial charge in [-0.2, -0.15) is 0 Å². The summed E-state index contributed by atoms with van der Waals surface area (Å²) in [6.45, 7) is 5.62. The molecular formula is C15H22N2O2. The van der Waals surface area contributed by atoms with E-state index in [1.54, 1.807) is 12.1 Å². The Bertz CT molecular complexity index is 457. The molecule has 0 heterocycles. The van der Waals surface area contributed by atoms with E-state index in [1.807, 2.05) is 12.1 Å². The van der Waals surface area contributed by atoms with Gasteiger partial charge in [0.05, 0.1) is 13.0 Å². The van der Waals surface area contributed by atoms with E-state index in [9.17, 15) is 4.79 Å². The molecular weight excluding hydrogens is 240 g/mol. The minimum Gasteiger partial charge on any atom is -0.493 e. The summed E-state index contributed by atoms with van der Waals surface area (Å²) in [7, 11) is 0. The Morgan fingerprint density at radius 2 is 2.26 bits per heavy atom. The maximum atomic E-state index is 11.6. The van der Waals surface area contributed by atoms with Gasteiger partial charge in [-0.25, -0.2) is 0 Å². The third-order valence-corrected chi connectivity index (χ3v) is 3.72. The summed E-state index contributed by atoms with van der Waals surface area (Å²) in [5.41, 5.74) is 6.72. The number of anilines is 1. The zero-order chi connectivity index (χ0) is 13.9. The van der Waals surface area contributed by atoms with Crippen molar-refractivity contribution < 1.29 is 9.53 Å². The molecule has 1 unspecified atom stereocenters. The predicted octanol–water partition coefficient (Wildman–Crippen LogP) is 2.20. The van der Waals surface area contributed by atoms with Crippen LogP contribution in [0.1, 0.15) is 26.7 Å². The summed E-state index contributed by atoms with van der Waals surface area (Å²) in [5.74, 6) is 1.38. The first-order chi connectivity index (χ1) is 8.97. The van der Waals surface area contributed by atoms with Crippen LogP contribution in [0.3, 0.4) is 0 Å². The van der Waals surface area contributed by atoms with Crippen LogP contribution in [0, 0.1) is 11.3 Å². The molecule has 0 saturated heterocycles. The van der Waals surface area contributed by atoms with E-state index in [0.717, 1.165) is 6.54 Å². The highest BCUT2D eigenvalue weighted by Crippen LogP contribution is 2.50. The van der Waals surface area contributed by atoms with E-state index in [-0.39, 0.29) is 5.91 Å². The molecule has 4 nitrogen and oxygen atoms in total. The second kappa shape index (κ2) is 5.51. The van der Waals surface area contributed by atoms with Gasteiger partial charge in [0.15, 0.2) is 0 Å². The van der Waals surface area contributed by atoms with Crippen molar-refractivity contribution in [3.8, 4) is 5.75 Å². The Kier molecular flexibility index (Phi) is 3.98. The van der Waals surface area contributed by atoms with Crippen molar-refractivity contribution in [1.82, 2.24) is 5.32 Å². The van der Waals surface area contributed by atoms with Crippen molar-refractivity contribution in [2.24, 2.45) is 11.3 Å². The molecule has 0 spiro atoms. The van der Waals surface area contributed by atoms with E-state index >= 15 is 0 Å². The maximum absolute atomic E-state index is 11.6. The largest absolute Gasteiger partial charge is 0.493 e. The first kappa shape index (κ1) is 13.7. The average molecular weight is 262 g/mol. The van der Waals surface area contributed by atoms with Gasteiger partial charge in [0.2, 0.25) is 5.91 Å². The second-order valence-corrected chi connectivity index (χ2v) is 5.86. The number of nitrogens with two attached hydrogens (primary N) is 1. The number of hydrogen-bond donors (Lipinski definition) is 2. The molecule has 0 aromatic heterocycles. The quantitative estimate of drug-likeness (QED) is 0.772. The summed E-state index contributed by atoms with van der Waals surface area (Å²) in [6, 6.07) is 7.22. The van der Waals surface area contributed by atoms with Gasteiger partial charge in [-0.1, -0.05) is 19.9 Å². The Hall–Kier alpha value is -1.71. The zero-order valence-corrected chi connectivity index (χ0v) is 11.6. The third-order valence-electron chi connectivity index (χ3n) is 3.72. The summed E-state index contributed by atoms with van der Waals surface area (Å²) in [5, 5.41) is 2.95. The molecule has 19 heavy (non-hydrogen) atoms. The highest BCUT2D eigenvalue weighted by Gasteiger charge is 2.45. The van der Waals surface area contributed by atoms with Crippen LogP contribution < -0.4 is 15.8 Å². The summed E-state index contributed by atoms with van der Waals surface area (Å²) >= 11 is 0. The van der Waals surface area contributed by atoms with Gasteiger partial charge < -0.3 is 15.8 Å². The standard InChI is InChI=1S/C15H22N2O2/c1-15(2)9-11(15)10-17-14(18)6-7-19-13-5-3-4-12(16)8-13/h3-5,8,11H,6-7,9-10,16H2,1-2H3,(H,17,18). The number of nitrogens with one attached hydrogen (secondary N) is 1. The van der Waals surface area contributed by atoms with Crippen molar-refractivity contribution in [1.29, 1.82) is 0 Å². The smallest absolute Gasteiger partial charge is 0.223 e. The number of hydrogen-bond acceptors (Lipinski definition) is 3. The van der Waals surface area contributed by atoms with Crippen LogP contribution in [0.25, 0.3) is 0 Å². The van der Waals surface area contributed by atoms with Gasteiger partial charge in [0, 0.05) is 18.3 Å². The summed E-state index contributed by atoms with van der Waals surface area (Å²) < 4.78 is 5.48. The summed E-state index contributed by atoms with van der Waals surface area (Å²) in [4.78, 5) is 11.6. The van der Waals surface area contributed by atoms with E-state index in [4.69, 9.17) is 10.5 Å². The second-order valence-electron chi connectivity index (χ2n) is 5.86. The van der Waals surface area contributed by atoms with E-state index < -0.39 is 0 Å². The van der Waals surface area contributed by atoms with Crippen molar-refractivity contribution in [3.63, 3.8) is 0 Å². The molecule has 2 rings (SSSR count). The van der Waals surface area contributed by atoms with Gasteiger partial charge in [-0.15, -0.1) is 0 Å². The van der Waals surface area contributed by atoms with Gasteiger partial charge in [0.1, 0.15) is 5.75 Å². The fourth-order valence-corrected chi connectivity index (χ4v) is 2.12. The molecule has 0 bridgehead atoms. The highest BCUT2D eigenvalue weighted by molar-refractivity contribution is 5.76. The number of amides is 1. The van der Waals surface area contributed by atoms with E-state index in [0.29, 0.717) is 35.8 Å². The van der Waals surface area contributed by atoms with Crippen molar-refractivity contribution in [2.75, 3.05) is 18.9 Å². The first-order valence-electron chi connectivity index (χ1n) is 6.72. The SMILES string of the molecule is CC1(C)CC1CNC(=O)CCOc1cccc(N)c1. The zero-order valence-electron chi connectivity index (χ0n) is 11.6. The van der Waals surface area contributed by atoms with Gasteiger partial charge >= 0.3 is 0 Å². The van der Waals surface area contributed by atoms with Crippen molar-refractivity contribution in [2.45, 2.75) is 26.7 Å². The number of carbonyl (C=O) groups is 1. The topological polar surface area (TPSA) is 64.3 Å². The molecule has 1 aromatic rings. The molecule has 4 heteroatoms. The normalized spacial score (nSPS) is 19.8. The third kappa shape index (κ3) is 4.16. The van der Waals surface area contributed by atoms with E-state index in [1.165, 1.54) is 6.42 Å². The van der Waals surface area contributed by atoms with Gasteiger partial charge in [0.25, 0.3) is 0 Å². The lowest BCUT2D eigenvalue weighted by Crippen LogP contribution is -2.27. The minimum atomic E-state index is 0.0478. The number of ether oxygens (including phenoxy) is 1. The van der Waals surface area contributed by atoms with Crippen LogP contribution in [-0.4, -0.2) is 19.1 Å². The maximum Gasteiger partial charge on any atom is 0.223 e. The lowest BCUT2D eigenvalue weighted by molar-refractivity contribution is -0.121. The van der Waals surface area contributed by atoms with Crippen LogP contribution in [0.5, 0.6) is 5.75 Å². The molecule has 1 aromatic carbocycles. The molecule has 1 amide bonds. The molecule has 1 atom stereocenters. The lowest BCUT2D eigenvalue weighted by Gasteiger charge is -2.08. The minimum absolute atomic E-state index is 0.0478. The fraction of sp³-hybridized carbons (Fsp3) is 0.533. The van der Waals surface area contributed by atoms with Gasteiger partial charge in [-0.3, -0.25) is 4.79 Å². The first-order valence-corrected chi connectivity index (χ1v) is 6.72. The molecule has 0 aliphatic heterocycles. The number of benzene rings is 1. The molecule has 0 radical (unpaired) electrons. The molecule has 3 N–H and O–H groups in total. The lowest BCUT2D eigenvalue weighted by atomic mass is 10.1. The average Bonchev–Trinajstić information content (AvgIpc) is 2.95. The fourth-order valence-electron chi connectivity index (χ4n) is 2.12. The molecule has 104 valence electrons. The Labute approximate surface area is 114 Å². The number of nitrogen functional groups attached to an aromatic ring is 1. The van der Waals surface area contributed by atoms with Crippen molar-refractivity contribution in [3.05, 3.63) is 24.3 Å². The van der Waals surface area contributed by atoms with Crippen LogP contribution in [-0.2, 0) is 4.79 Å². The van der Waals surface area contributed by atoms with Crippen LogP contribution in [0.15, 0.2) is 24.3 Å². The van der Waals surface area contributed by atoms with Gasteiger partial charge in [-0.05, 0) is 29.9 Å². The number of rotatable bonds is 6. The van der Waals surface area contributed by atoms with Crippen LogP contribution in [0.4, 0.5) is 5.69 Å². The molecule has 1 aliphatic rings. The molecule has 1 saturated carbocycles. The predicted molar refractivity (Wildman–Crippen MR) is 75.9 cm³/mol. The van der Waals surface area contributed by atoms with Crippen LogP contribution in [0.2, 0.25) is 0 Å². The molecule has 1 fully saturated rings.